The number of aliphatic hydroxyl groups excluding tert-OH is 1. The van der Waals surface area contributed by atoms with E-state index in [1.165, 1.54) is 12.8 Å². The number of piperazine rings is 1. The van der Waals surface area contributed by atoms with Crippen molar-refractivity contribution in [1.82, 2.24) is 14.7 Å². The number of hydrogen-bond acceptors (Lipinski definition) is 5. The number of likely N-dealkylation sites (tertiary alicyclic amines) is 1. The second kappa shape index (κ2) is 13.3. The maximum atomic E-state index is 14.0. The maximum absolute atomic E-state index is 14.0. The molecule has 2 aromatic rings. The lowest BCUT2D eigenvalue weighted by atomic mass is 9.44. The van der Waals surface area contributed by atoms with Gasteiger partial charge in [0.2, 0.25) is 5.91 Å². The van der Waals surface area contributed by atoms with Gasteiger partial charge in [0, 0.05) is 49.7 Å². The van der Waals surface area contributed by atoms with Gasteiger partial charge in [-0.1, -0.05) is 75.8 Å². The van der Waals surface area contributed by atoms with Gasteiger partial charge in [0.05, 0.1) is 6.10 Å². The van der Waals surface area contributed by atoms with Crippen LogP contribution < -0.4 is 0 Å². The fourth-order valence-electron chi connectivity index (χ4n) is 12.5. The van der Waals surface area contributed by atoms with Gasteiger partial charge in [-0.15, -0.1) is 5.54 Å². The van der Waals surface area contributed by atoms with Gasteiger partial charge in [-0.3, -0.25) is 14.5 Å². The summed E-state index contributed by atoms with van der Waals surface area (Å²) in [6.07, 6.45) is 9.51. The summed E-state index contributed by atoms with van der Waals surface area (Å²) in [5, 5.41) is 25.7. The van der Waals surface area contributed by atoms with E-state index in [4.69, 9.17) is 0 Å². The Hall–Kier alpha value is -2.70. The van der Waals surface area contributed by atoms with Gasteiger partial charge in [-0.05, 0) is 110 Å². The highest BCUT2D eigenvalue weighted by molar-refractivity contribution is 6.83. The number of carbonyl (C=O) groups is 2. The summed E-state index contributed by atoms with van der Waals surface area (Å²) in [5.74, 6) is 5.78. The fraction of sp³-hybridized carbons (Fsp3) is 0.682. The second-order valence-corrected chi connectivity index (χ2v) is 23.9. The SMILES string of the molecule is C[C@]12C[C@H](N3CCN(C(=O)[C@@H]4CCCN4C(=O)c4cccc5ccccc45)CC3)[C@@H](O)C[C@@H]1CC[C@@H]1[C@@H]2CC[C@@]2(C)[C@H]1CC[C@@]2(O)C#C[Si](C)(C)C. The average Bonchev–Trinajstić information content (AvgIpc) is 3.72. The highest BCUT2D eigenvalue weighted by Gasteiger charge is 2.65. The quantitative estimate of drug-likeness (QED) is 0.276. The Kier molecular flexibility index (Phi) is 9.25. The molecule has 8 heteroatoms. The van der Waals surface area contributed by atoms with E-state index in [1.54, 1.807) is 0 Å². The van der Waals surface area contributed by atoms with E-state index in [0.29, 0.717) is 55.3 Å². The van der Waals surface area contributed by atoms with Gasteiger partial charge < -0.3 is 20.0 Å². The van der Waals surface area contributed by atoms with Gasteiger partial charge in [-0.25, -0.2) is 0 Å². The van der Waals surface area contributed by atoms with Crippen LogP contribution in [-0.4, -0.2) is 101 Å². The van der Waals surface area contributed by atoms with Gasteiger partial charge in [0.25, 0.3) is 5.91 Å². The number of rotatable bonds is 3. The van der Waals surface area contributed by atoms with Crippen LogP contribution in [0.15, 0.2) is 42.5 Å². The van der Waals surface area contributed by atoms with Crippen LogP contribution >= 0.6 is 0 Å². The summed E-state index contributed by atoms with van der Waals surface area (Å²) in [6.45, 7) is 15.1. The van der Waals surface area contributed by atoms with Crippen LogP contribution in [0.4, 0.5) is 0 Å². The van der Waals surface area contributed by atoms with E-state index in [0.717, 1.165) is 68.8 Å². The lowest BCUT2D eigenvalue weighted by Gasteiger charge is -2.63. The minimum atomic E-state index is -1.60. The normalized spacial score (nSPS) is 39.3. The molecular formula is C44H61N3O4Si. The summed E-state index contributed by atoms with van der Waals surface area (Å²) in [7, 11) is -1.60. The molecule has 280 valence electrons. The Balaban J connectivity index is 0.931. The van der Waals surface area contributed by atoms with Crippen LogP contribution in [-0.2, 0) is 4.79 Å². The molecule has 4 saturated carbocycles. The molecule has 0 aromatic heterocycles. The summed E-state index contributed by atoms with van der Waals surface area (Å²) >= 11 is 0. The van der Waals surface area contributed by atoms with E-state index >= 15 is 0 Å². The standard InChI is InChI=1S/C44H61N3O4Si/c1-42-29-38(39(48)28-31(42)15-16-34-35(42)17-19-43(2)36(34)18-20-44(43,51)21-27-52(3,4)5)45-23-25-46(26-24-45)41(50)37-14-9-22-47(37)40(49)33-13-8-11-30-10-6-7-12-32(30)33/h6-8,10-13,31,34-39,48,51H,9,14-20,22-26,28-29H2,1-5H3/t31-,34+,35-,36-,37-,38-,39-,42-,43-,44+/m0/s1. The smallest absolute Gasteiger partial charge is 0.255 e. The highest BCUT2D eigenvalue weighted by Crippen LogP contribution is 2.68. The Bertz CT molecular complexity index is 1770. The Labute approximate surface area is 312 Å². The van der Waals surface area contributed by atoms with Gasteiger partial charge >= 0.3 is 0 Å². The molecule has 6 fully saturated rings. The summed E-state index contributed by atoms with van der Waals surface area (Å²) in [4.78, 5) is 34.2. The average molecular weight is 724 g/mol. The Morgan fingerprint density at radius 1 is 0.865 bits per heavy atom. The fourth-order valence-corrected chi connectivity index (χ4v) is 13.1. The van der Waals surface area contributed by atoms with Gasteiger partial charge in [-0.2, -0.15) is 0 Å². The van der Waals surface area contributed by atoms with Gasteiger partial charge in [0.15, 0.2) is 0 Å². The molecule has 2 amide bonds. The summed E-state index contributed by atoms with van der Waals surface area (Å²) in [5.41, 5.74) is 3.36. The first-order valence-electron chi connectivity index (χ1n) is 20.5. The third-order valence-electron chi connectivity index (χ3n) is 15.4. The van der Waals surface area contributed by atoms with Crippen molar-refractivity contribution in [1.29, 1.82) is 0 Å². The molecule has 0 radical (unpaired) electrons. The van der Waals surface area contributed by atoms with Crippen molar-refractivity contribution in [2.45, 2.75) is 121 Å². The molecule has 6 aliphatic rings. The molecule has 10 atom stereocenters. The number of fused-ring (bicyclic) bond motifs is 6. The zero-order valence-corrected chi connectivity index (χ0v) is 33.2. The van der Waals surface area contributed by atoms with E-state index in [2.05, 4.69) is 49.9 Å². The molecule has 2 aliphatic heterocycles. The first-order chi connectivity index (χ1) is 24.7. The molecule has 8 rings (SSSR count). The minimum absolute atomic E-state index is 0.0463. The van der Waals surface area contributed by atoms with Crippen molar-refractivity contribution in [2.75, 3.05) is 32.7 Å². The van der Waals surface area contributed by atoms with Crippen molar-refractivity contribution in [3.63, 3.8) is 0 Å². The molecule has 2 heterocycles. The summed E-state index contributed by atoms with van der Waals surface area (Å²) in [6, 6.07) is 13.5. The molecule has 2 aromatic carbocycles. The Morgan fingerprint density at radius 2 is 1.60 bits per heavy atom. The van der Waals surface area contributed by atoms with Crippen LogP contribution in [0.5, 0.6) is 0 Å². The first kappa shape index (κ1) is 36.3. The topological polar surface area (TPSA) is 84.3 Å². The first-order valence-corrected chi connectivity index (χ1v) is 24.0. The van der Waals surface area contributed by atoms with Crippen molar-refractivity contribution < 1.29 is 19.8 Å². The molecular weight excluding hydrogens is 663 g/mol. The number of amides is 2. The van der Waals surface area contributed by atoms with E-state index in [-0.39, 0.29) is 34.8 Å². The number of carbonyl (C=O) groups excluding carboxylic acids is 2. The van der Waals surface area contributed by atoms with Crippen LogP contribution in [0.3, 0.4) is 0 Å². The van der Waals surface area contributed by atoms with Crippen LogP contribution in [0.2, 0.25) is 19.6 Å². The zero-order valence-electron chi connectivity index (χ0n) is 32.2. The van der Waals surface area contributed by atoms with Crippen molar-refractivity contribution in [3.05, 3.63) is 48.0 Å². The largest absolute Gasteiger partial charge is 0.391 e. The lowest BCUT2D eigenvalue weighted by molar-refractivity contribution is -0.163. The molecule has 52 heavy (non-hydrogen) atoms. The molecule has 4 aliphatic carbocycles. The predicted molar refractivity (Wildman–Crippen MR) is 209 cm³/mol. The monoisotopic (exact) mass is 723 g/mol. The number of hydrogen-bond donors (Lipinski definition) is 2. The minimum Gasteiger partial charge on any atom is -0.391 e. The van der Waals surface area contributed by atoms with Gasteiger partial charge in [0.1, 0.15) is 19.7 Å². The van der Waals surface area contributed by atoms with Crippen molar-refractivity contribution >= 4 is 30.7 Å². The Morgan fingerprint density at radius 3 is 2.37 bits per heavy atom. The highest BCUT2D eigenvalue weighted by atomic mass is 28.3. The molecule has 2 N–H and O–H groups in total. The predicted octanol–water partition coefficient (Wildman–Crippen LogP) is 6.58. The van der Waals surface area contributed by atoms with Crippen LogP contribution in [0.1, 0.15) is 88.4 Å². The molecule has 2 saturated heterocycles. The molecule has 0 bridgehead atoms. The molecule has 7 nitrogen and oxygen atoms in total. The van der Waals surface area contributed by atoms with E-state index in [9.17, 15) is 19.8 Å². The second-order valence-electron chi connectivity index (χ2n) is 19.1. The van der Waals surface area contributed by atoms with Crippen LogP contribution in [0.25, 0.3) is 10.8 Å². The molecule has 0 spiro atoms. The number of aliphatic hydroxyl groups is 2. The van der Waals surface area contributed by atoms with Crippen molar-refractivity contribution in [3.8, 4) is 11.5 Å². The maximum Gasteiger partial charge on any atom is 0.255 e. The zero-order chi connectivity index (χ0) is 36.6. The lowest BCUT2D eigenvalue weighted by Crippen LogP contribution is -2.63. The molecule has 0 unspecified atom stereocenters. The third kappa shape index (κ3) is 5.97. The van der Waals surface area contributed by atoms with E-state index < -0.39 is 19.7 Å². The summed E-state index contributed by atoms with van der Waals surface area (Å²) < 4.78 is 0. The van der Waals surface area contributed by atoms with Crippen LogP contribution in [0, 0.1) is 46.0 Å². The third-order valence-corrected chi connectivity index (χ3v) is 16.3. The number of nitrogens with zero attached hydrogens (tertiary/aromatic N) is 3. The van der Waals surface area contributed by atoms with E-state index in [1.807, 2.05) is 52.3 Å². The number of benzene rings is 2. The van der Waals surface area contributed by atoms with Crippen molar-refractivity contribution in [2.24, 2.45) is 34.5 Å².